The van der Waals surface area contributed by atoms with Gasteiger partial charge in [-0.3, -0.25) is 4.79 Å². The Morgan fingerprint density at radius 2 is 2.06 bits per heavy atom. The molecule has 0 unspecified atom stereocenters. The van der Waals surface area contributed by atoms with Crippen molar-refractivity contribution < 1.29 is 14.7 Å². The van der Waals surface area contributed by atoms with Crippen molar-refractivity contribution in [1.82, 2.24) is 5.32 Å². The van der Waals surface area contributed by atoms with Crippen LogP contribution in [0.3, 0.4) is 0 Å². The van der Waals surface area contributed by atoms with Gasteiger partial charge in [0, 0.05) is 0 Å². The summed E-state index contributed by atoms with van der Waals surface area (Å²) in [4.78, 5) is 23.1. The van der Waals surface area contributed by atoms with Gasteiger partial charge < -0.3 is 10.4 Å². The van der Waals surface area contributed by atoms with Crippen LogP contribution in [0.25, 0.3) is 0 Å². The highest BCUT2D eigenvalue weighted by molar-refractivity contribution is 7.18. The molecule has 0 fully saturated rings. The van der Waals surface area contributed by atoms with Gasteiger partial charge in [-0.2, -0.15) is 0 Å². The number of amides is 1. The van der Waals surface area contributed by atoms with E-state index in [-0.39, 0.29) is 5.92 Å². The minimum absolute atomic E-state index is 0.168. The molecular weight excluding hydrogens is 297 g/mol. The van der Waals surface area contributed by atoms with Gasteiger partial charge in [-0.1, -0.05) is 37.0 Å². The number of rotatable bonds is 5. The highest BCUT2D eigenvalue weighted by Gasteiger charge is 2.23. The smallest absolute Gasteiger partial charge is 0.326 e. The van der Waals surface area contributed by atoms with E-state index >= 15 is 0 Å². The molecule has 2 N–H and O–H groups in total. The lowest BCUT2D eigenvalue weighted by Gasteiger charge is -2.15. The first-order chi connectivity index (χ1) is 8.31. The van der Waals surface area contributed by atoms with Crippen molar-refractivity contribution in [2.24, 2.45) is 5.92 Å². The molecule has 1 heterocycles. The summed E-state index contributed by atoms with van der Waals surface area (Å²) in [5, 5.41) is 11.8. The fourth-order valence-electron chi connectivity index (χ4n) is 1.38. The summed E-state index contributed by atoms with van der Waals surface area (Å²) < 4.78 is 0.317. The Kier molecular flexibility index (Phi) is 5.44. The summed E-state index contributed by atoms with van der Waals surface area (Å²) in [6.07, 6.45) is 0.369. The molecule has 0 aliphatic heterocycles. The number of thiophene rings is 1. The maximum absolute atomic E-state index is 11.8. The summed E-state index contributed by atoms with van der Waals surface area (Å²) >= 11 is 12.5. The molecule has 4 nitrogen and oxygen atoms in total. The number of carbonyl (C=O) groups is 2. The number of aliphatic carboxylic acids is 1. The molecule has 1 aromatic heterocycles. The van der Waals surface area contributed by atoms with Crippen molar-refractivity contribution in [2.45, 2.75) is 26.3 Å². The first-order valence-electron chi connectivity index (χ1n) is 5.29. The van der Waals surface area contributed by atoms with Gasteiger partial charge in [-0.15, -0.1) is 11.3 Å². The van der Waals surface area contributed by atoms with Crippen molar-refractivity contribution in [3.05, 3.63) is 20.3 Å². The van der Waals surface area contributed by atoms with Gasteiger partial charge in [-0.25, -0.2) is 4.79 Å². The summed E-state index contributed by atoms with van der Waals surface area (Å²) in [7, 11) is 0. The summed E-state index contributed by atoms with van der Waals surface area (Å²) in [5.41, 5.74) is 0. The van der Waals surface area contributed by atoms with Gasteiger partial charge in [0.25, 0.3) is 5.91 Å². The van der Waals surface area contributed by atoms with Crippen LogP contribution >= 0.6 is 34.5 Å². The molecule has 0 aliphatic carbocycles. The Labute approximate surface area is 119 Å². The number of hydrogen-bond donors (Lipinski definition) is 2. The quantitative estimate of drug-likeness (QED) is 0.877. The number of carbonyl (C=O) groups excluding carboxylic acids is 1. The van der Waals surface area contributed by atoms with Crippen molar-refractivity contribution in [1.29, 1.82) is 0 Å². The molecule has 1 rings (SSSR count). The number of carboxylic acid groups (broad SMARTS) is 1. The van der Waals surface area contributed by atoms with Gasteiger partial charge >= 0.3 is 5.97 Å². The van der Waals surface area contributed by atoms with Crippen LogP contribution < -0.4 is 5.32 Å². The average molecular weight is 310 g/mol. The Bertz CT molecular complexity index is 440. The molecule has 0 saturated carbocycles. The number of halogens is 2. The third-order valence-corrected chi connectivity index (χ3v) is 4.04. The average Bonchev–Trinajstić information content (AvgIpc) is 2.57. The highest BCUT2D eigenvalue weighted by Crippen LogP contribution is 2.31. The first-order valence-corrected chi connectivity index (χ1v) is 6.87. The SMILES string of the molecule is CC(C)C[C@H](NC(=O)c1cc(Cl)c(Cl)s1)C(=O)O. The van der Waals surface area contributed by atoms with E-state index in [0.717, 1.165) is 11.3 Å². The highest BCUT2D eigenvalue weighted by atomic mass is 35.5. The fourth-order valence-corrected chi connectivity index (χ4v) is 2.65. The topological polar surface area (TPSA) is 66.4 Å². The normalized spacial score (nSPS) is 12.5. The molecular formula is C11H13Cl2NO3S. The molecule has 7 heteroatoms. The number of nitrogens with one attached hydrogen (secondary N) is 1. The summed E-state index contributed by atoms with van der Waals surface area (Å²) in [5.74, 6) is -1.35. The summed E-state index contributed by atoms with van der Waals surface area (Å²) in [6, 6.07) is 0.523. The van der Waals surface area contributed by atoms with E-state index in [1.807, 2.05) is 13.8 Å². The number of carboxylic acids is 1. The molecule has 18 heavy (non-hydrogen) atoms. The molecule has 0 radical (unpaired) electrons. The maximum Gasteiger partial charge on any atom is 0.326 e. The Morgan fingerprint density at radius 3 is 2.44 bits per heavy atom. The minimum Gasteiger partial charge on any atom is -0.480 e. The molecule has 0 spiro atoms. The van der Waals surface area contributed by atoms with Crippen LogP contribution in [-0.4, -0.2) is 23.0 Å². The van der Waals surface area contributed by atoms with E-state index in [2.05, 4.69) is 5.32 Å². The second kappa shape index (κ2) is 6.41. The van der Waals surface area contributed by atoms with Crippen LogP contribution in [0, 0.1) is 5.92 Å². The van der Waals surface area contributed by atoms with Crippen LogP contribution in [0.4, 0.5) is 0 Å². The Hall–Kier alpha value is -0.780. The summed E-state index contributed by atoms with van der Waals surface area (Å²) in [6.45, 7) is 3.78. The fraction of sp³-hybridized carbons (Fsp3) is 0.455. The molecule has 1 aromatic rings. The Balaban J connectivity index is 2.75. The molecule has 0 aliphatic rings. The molecule has 0 saturated heterocycles. The predicted molar refractivity (Wildman–Crippen MR) is 72.7 cm³/mol. The van der Waals surface area contributed by atoms with E-state index in [1.54, 1.807) is 0 Å². The lowest BCUT2D eigenvalue weighted by Crippen LogP contribution is -2.41. The van der Waals surface area contributed by atoms with Gasteiger partial charge in [0.1, 0.15) is 10.4 Å². The molecule has 100 valence electrons. The van der Waals surface area contributed by atoms with Crippen molar-refractivity contribution in [2.75, 3.05) is 0 Å². The molecule has 0 aromatic carbocycles. The van der Waals surface area contributed by atoms with Gasteiger partial charge in [0.05, 0.1) is 9.90 Å². The van der Waals surface area contributed by atoms with Crippen LogP contribution in [0.2, 0.25) is 9.36 Å². The van der Waals surface area contributed by atoms with E-state index in [1.165, 1.54) is 6.07 Å². The second-order valence-corrected chi connectivity index (χ2v) is 6.29. The van der Waals surface area contributed by atoms with E-state index in [9.17, 15) is 9.59 Å². The van der Waals surface area contributed by atoms with E-state index < -0.39 is 17.9 Å². The monoisotopic (exact) mass is 309 g/mol. The van der Waals surface area contributed by atoms with Crippen LogP contribution in [0.15, 0.2) is 6.07 Å². The number of hydrogen-bond acceptors (Lipinski definition) is 3. The zero-order chi connectivity index (χ0) is 13.9. The van der Waals surface area contributed by atoms with Gasteiger partial charge in [0.15, 0.2) is 0 Å². The third-order valence-electron chi connectivity index (χ3n) is 2.18. The lowest BCUT2D eigenvalue weighted by atomic mass is 10.0. The van der Waals surface area contributed by atoms with E-state index in [0.29, 0.717) is 20.7 Å². The Morgan fingerprint density at radius 1 is 1.44 bits per heavy atom. The standard InChI is InChI=1S/C11H13Cl2NO3S/c1-5(2)3-7(11(16)17)14-10(15)8-4-6(12)9(13)18-8/h4-5,7H,3H2,1-2H3,(H,14,15)(H,16,17)/t7-/m0/s1. The van der Waals surface area contributed by atoms with Gasteiger partial charge in [0.2, 0.25) is 0 Å². The molecule has 1 atom stereocenters. The first kappa shape index (κ1) is 15.3. The molecule has 1 amide bonds. The maximum atomic E-state index is 11.8. The largest absolute Gasteiger partial charge is 0.480 e. The van der Waals surface area contributed by atoms with Crippen molar-refractivity contribution in [3.8, 4) is 0 Å². The lowest BCUT2D eigenvalue weighted by molar-refractivity contribution is -0.139. The third kappa shape index (κ3) is 4.15. The molecule has 0 bridgehead atoms. The van der Waals surface area contributed by atoms with Crippen LogP contribution in [-0.2, 0) is 4.79 Å². The predicted octanol–water partition coefficient (Wildman–Crippen LogP) is 3.28. The zero-order valence-electron chi connectivity index (χ0n) is 9.87. The van der Waals surface area contributed by atoms with Crippen molar-refractivity contribution in [3.63, 3.8) is 0 Å². The minimum atomic E-state index is -1.05. The van der Waals surface area contributed by atoms with E-state index in [4.69, 9.17) is 28.3 Å². The zero-order valence-corrected chi connectivity index (χ0v) is 12.2. The van der Waals surface area contributed by atoms with Crippen molar-refractivity contribution >= 4 is 46.4 Å². The van der Waals surface area contributed by atoms with Gasteiger partial charge in [-0.05, 0) is 18.4 Å². The van der Waals surface area contributed by atoms with Crippen LogP contribution in [0.5, 0.6) is 0 Å². The van der Waals surface area contributed by atoms with Crippen LogP contribution in [0.1, 0.15) is 29.9 Å². The second-order valence-electron chi connectivity index (χ2n) is 4.23.